The predicted molar refractivity (Wildman–Crippen MR) is 84.0 cm³/mol. The average Bonchev–Trinajstić information content (AvgIpc) is 2.38. The summed E-state index contributed by atoms with van der Waals surface area (Å²) in [5.41, 5.74) is 10.1. The summed E-state index contributed by atoms with van der Waals surface area (Å²) in [5, 5.41) is 12.1. The molecule has 3 N–H and O–H groups in total. The summed E-state index contributed by atoms with van der Waals surface area (Å²) in [7, 11) is 0. The van der Waals surface area contributed by atoms with Crippen molar-refractivity contribution in [3.05, 3.63) is 53.6 Å². The van der Waals surface area contributed by atoms with E-state index in [9.17, 15) is 0 Å². The fraction of sp³-hybridized carbons (Fsp3) is 0.235. The minimum Gasteiger partial charge on any atom is -0.398 e. The summed E-state index contributed by atoms with van der Waals surface area (Å²) in [6.45, 7) is 6.57. The van der Waals surface area contributed by atoms with Crippen molar-refractivity contribution in [2.24, 2.45) is 0 Å². The second-order valence-electron chi connectivity index (χ2n) is 5.87. The first-order valence-corrected chi connectivity index (χ1v) is 6.57. The van der Waals surface area contributed by atoms with Gasteiger partial charge >= 0.3 is 0 Å². The number of rotatable bonds is 2. The van der Waals surface area contributed by atoms with Gasteiger partial charge in [-0.2, -0.15) is 5.26 Å². The van der Waals surface area contributed by atoms with Crippen molar-refractivity contribution in [2.75, 3.05) is 11.1 Å². The van der Waals surface area contributed by atoms with E-state index in [-0.39, 0.29) is 5.41 Å². The van der Waals surface area contributed by atoms with Gasteiger partial charge in [0.05, 0.1) is 11.3 Å². The normalized spacial score (nSPS) is 10.9. The van der Waals surface area contributed by atoms with Gasteiger partial charge in [-0.25, -0.2) is 0 Å². The van der Waals surface area contributed by atoms with Crippen molar-refractivity contribution in [3.8, 4) is 6.07 Å². The van der Waals surface area contributed by atoms with E-state index in [0.29, 0.717) is 11.3 Å². The summed E-state index contributed by atoms with van der Waals surface area (Å²) in [6.07, 6.45) is 0. The Bertz CT molecular complexity index is 643. The van der Waals surface area contributed by atoms with Crippen LogP contribution in [0.5, 0.6) is 0 Å². The molecule has 20 heavy (non-hydrogen) atoms. The van der Waals surface area contributed by atoms with Crippen LogP contribution in [-0.4, -0.2) is 0 Å². The Morgan fingerprint density at radius 2 is 1.60 bits per heavy atom. The van der Waals surface area contributed by atoms with Gasteiger partial charge in [-0.15, -0.1) is 0 Å². The number of hydrogen-bond acceptors (Lipinski definition) is 3. The quantitative estimate of drug-likeness (QED) is 0.801. The number of nitrogens with one attached hydrogen (secondary N) is 1. The van der Waals surface area contributed by atoms with E-state index >= 15 is 0 Å². The van der Waals surface area contributed by atoms with Crippen molar-refractivity contribution < 1.29 is 0 Å². The highest BCUT2D eigenvalue weighted by Gasteiger charge is 2.12. The van der Waals surface area contributed by atoms with Crippen molar-refractivity contribution in [1.29, 1.82) is 5.26 Å². The Labute approximate surface area is 120 Å². The number of hydrogen-bond donors (Lipinski definition) is 2. The summed E-state index contributed by atoms with van der Waals surface area (Å²) < 4.78 is 0. The van der Waals surface area contributed by atoms with Crippen LogP contribution in [0.4, 0.5) is 17.1 Å². The van der Waals surface area contributed by atoms with Crippen LogP contribution in [-0.2, 0) is 5.41 Å². The summed E-state index contributed by atoms with van der Waals surface area (Å²) in [5.74, 6) is 0. The number of nitrogens with zero attached hydrogens (tertiary/aromatic N) is 1. The molecule has 0 aromatic heterocycles. The third-order valence-corrected chi connectivity index (χ3v) is 3.21. The molecule has 0 saturated heterocycles. The highest BCUT2D eigenvalue weighted by molar-refractivity contribution is 5.67. The van der Waals surface area contributed by atoms with Crippen LogP contribution in [0.3, 0.4) is 0 Å². The first-order chi connectivity index (χ1) is 9.40. The molecule has 3 nitrogen and oxygen atoms in total. The largest absolute Gasteiger partial charge is 0.398 e. The molecular formula is C17H19N3. The fourth-order valence-corrected chi connectivity index (χ4v) is 1.96. The molecule has 0 aliphatic heterocycles. The number of anilines is 3. The van der Waals surface area contributed by atoms with Crippen LogP contribution in [0, 0.1) is 11.3 Å². The maximum atomic E-state index is 8.86. The molecule has 0 bridgehead atoms. The number of nitrogen functional groups attached to an aromatic ring is 1. The molecule has 0 spiro atoms. The molecule has 0 atom stereocenters. The lowest BCUT2D eigenvalue weighted by molar-refractivity contribution is 0.590. The van der Waals surface area contributed by atoms with Gasteiger partial charge in [0.2, 0.25) is 0 Å². The lowest BCUT2D eigenvalue weighted by Gasteiger charge is -2.19. The summed E-state index contributed by atoms with van der Waals surface area (Å²) in [6, 6.07) is 15.8. The molecule has 0 aliphatic carbocycles. The van der Waals surface area contributed by atoms with E-state index in [1.807, 2.05) is 6.07 Å². The summed E-state index contributed by atoms with van der Waals surface area (Å²) >= 11 is 0. The Kier molecular flexibility index (Phi) is 3.67. The van der Waals surface area contributed by atoms with Gasteiger partial charge < -0.3 is 11.1 Å². The zero-order valence-corrected chi connectivity index (χ0v) is 12.1. The van der Waals surface area contributed by atoms with Gasteiger partial charge in [0.25, 0.3) is 0 Å². The Morgan fingerprint density at radius 3 is 2.10 bits per heavy atom. The van der Waals surface area contributed by atoms with Gasteiger partial charge in [-0.05, 0) is 41.3 Å². The topological polar surface area (TPSA) is 61.8 Å². The lowest BCUT2D eigenvalue weighted by atomic mass is 9.87. The Balaban J connectivity index is 2.19. The smallest absolute Gasteiger partial charge is 0.101 e. The van der Waals surface area contributed by atoms with E-state index < -0.39 is 0 Å². The molecular weight excluding hydrogens is 246 g/mol. The maximum absolute atomic E-state index is 8.86. The minimum atomic E-state index is 0.150. The maximum Gasteiger partial charge on any atom is 0.101 e. The van der Waals surface area contributed by atoms with Crippen molar-refractivity contribution in [1.82, 2.24) is 0 Å². The van der Waals surface area contributed by atoms with Gasteiger partial charge in [0, 0.05) is 11.4 Å². The van der Waals surface area contributed by atoms with E-state index in [4.69, 9.17) is 11.0 Å². The third kappa shape index (κ3) is 3.10. The van der Waals surface area contributed by atoms with E-state index in [2.05, 4.69) is 56.4 Å². The van der Waals surface area contributed by atoms with Gasteiger partial charge in [-0.1, -0.05) is 32.9 Å². The molecule has 2 aromatic carbocycles. The van der Waals surface area contributed by atoms with E-state index in [1.54, 1.807) is 12.1 Å². The Hall–Kier alpha value is -2.47. The zero-order chi connectivity index (χ0) is 14.8. The second kappa shape index (κ2) is 5.26. The van der Waals surface area contributed by atoms with E-state index in [0.717, 1.165) is 11.4 Å². The SMILES string of the molecule is CC(C)(C)c1ccc(Nc2ccc(C#N)c(N)c2)cc1. The fourth-order valence-electron chi connectivity index (χ4n) is 1.96. The summed E-state index contributed by atoms with van der Waals surface area (Å²) in [4.78, 5) is 0. The average molecular weight is 265 g/mol. The number of nitriles is 1. The molecule has 102 valence electrons. The molecule has 0 saturated carbocycles. The van der Waals surface area contributed by atoms with Crippen LogP contribution in [0.1, 0.15) is 31.9 Å². The van der Waals surface area contributed by atoms with Gasteiger partial charge in [0.1, 0.15) is 6.07 Å². The zero-order valence-electron chi connectivity index (χ0n) is 12.1. The van der Waals surface area contributed by atoms with Crippen molar-refractivity contribution in [3.63, 3.8) is 0 Å². The van der Waals surface area contributed by atoms with Gasteiger partial charge in [-0.3, -0.25) is 0 Å². The lowest BCUT2D eigenvalue weighted by Crippen LogP contribution is -2.10. The molecule has 2 rings (SSSR count). The predicted octanol–water partition coefficient (Wildman–Crippen LogP) is 4.18. The monoisotopic (exact) mass is 265 g/mol. The number of nitrogens with two attached hydrogens (primary N) is 1. The molecule has 0 aliphatic rings. The van der Waals surface area contributed by atoms with E-state index in [1.165, 1.54) is 5.56 Å². The van der Waals surface area contributed by atoms with Crippen LogP contribution in [0.25, 0.3) is 0 Å². The molecule has 0 fully saturated rings. The molecule has 2 aromatic rings. The highest BCUT2D eigenvalue weighted by Crippen LogP contribution is 2.26. The van der Waals surface area contributed by atoms with Crippen LogP contribution >= 0.6 is 0 Å². The second-order valence-corrected chi connectivity index (χ2v) is 5.87. The van der Waals surface area contributed by atoms with Crippen LogP contribution in [0.15, 0.2) is 42.5 Å². The highest BCUT2D eigenvalue weighted by atomic mass is 14.9. The van der Waals surface area contributed by atoms with Crippen LogP contribution < -0.4 is 11.1 Å². The first kappa shape index (κ1) is 14.0. The molecule has 0 heterocycles. The molecule has 0 amide bonds. The minimum absolute atomic E-state index is 0.150. The van der Waals surface area contributed by atoms with Gasteiger partial charge in [0.15, 0.2) is 0 Å². The van der Waals surface area contributed by atoms with Crippen LogP contribution in [0.2, 0.25) is 0 Å². The molecule has 0 unspecified atom stereocenters. The third-order valence-electron chi connectivity index (χ3n) is 3.21. The number of benzene rings is 2. The molecule has 3 heteroatoms. The standard InChI is InChI=1S/C17H19N3/c1-17(2,3)13-5-8-14(9-6-13)20-15-7-4-12(11-18)16(19)10-15/h4-10,20H,19H2,1-3H3. The first-order valence-electron chi connectivity index (χ1n) is 6.57. The Morgan fingerprint density at radius 1 is 1.00 bits per heavy atom. The van der Waals surface area contributed by atoms with Crippen molar-refractivity contribution >= 4 is 17.1 Å². The molecule has 0 radical (unpaired) electrons. The van der Waals surface area contributed by atoms with Crippen molar-refractivity contribution in [2.45, 2.75) is 26.2 Å².